The van der Waals surface area contributed by atoms with E-state index in [4.69, 9.17) is 13.7 Å². The van der Waals surface area contributed by atoms with Gasteiger partial charge in [-0.05, 0) is 35.7 Å². The zero-order valence-corrected chi connectivity index (χ0v) is 19.0. The Balaban J connectivity index is 3.12. The average Bonchev–Trinajstić information content (AvgIpc) is 2.49. The van der Waals surface area contributed by atoms with Crippen LogP contribution in [0.1, 0.15) is 71.1 Å². The van der Waals surface area contributed by atoms with Crippen LogP contribution in [0, 0.1) is 0 Å². The highest BCUT2D eigenvalue weighted by Crippen LogP contribution is 2.41. The molecule has 0 saturated heterocycles. The van der Waals surface area contributed by atoms with Crippen LogP contribution in [0.25, 0.3) is 0 Å². The Morgan fingerprint density at radius 1 is 0.926 bits per heavy atom. The number of methoxy groups -OCH3 is 1. The van der Waals surface area contributed by atoms with E-state index in [0.717, 1.165) is 36.0 Å². The zero-order valence-electron chi connectivity index (χ0n) is 18.1. The first-order chi connectivity index (χ1) is 12.3. The van der Waals surface area contributed by atoms with E-state index < -0.39 is 10.1 Å². The monoisotopic (exact) mass is 400 g/mol. The summed E-state index contributed by atoms with van der Waals surface area (Å²) in [5.74, 6) is 0.904. The maximum atomic E-state index is 11.1. The highest BCUT2D eigenvalue weighted by Gasteiger charge is 2.27. The van der Waals surface area contributed by atoms with Crippen LogP contribution < -0.4 is 4.74 Å². The first-order valence-electron chi connectivity index (χ1n) is 9.39. The fourth-order valence-corrected chi connectivity index (χ4v) is 3.28. The number of hydrogen-bond acceptors (Lipinski definition) is 5. The molecule has 0 bridgehead atoms. The molecule has 0 aromatic heterocycles. The number of unbranched alkanes of at least 4 members (excludes halogenated alkanes) is 1. The predicted molar refractivity (Wildman–Crippen MR) is 110 cm³/mol. The van der Waals surface area contributed by atoms with Gasteiger partial charge < -0.3 is 9.47 Å². The van der Waals surface area contributed by atoms with Gasteiger partial charge in [-0.2, -0.15) is 8.42 Å². The first kappa shape index (κ1) is 23.9. The summed E-state index contributed by atoms with van der Waals surface area (Å²) in [5, 5.41) is 0. The number of aryl methyl sites for hydroxylation is 1. The van der Waals surface area contributed by atoms with Crippen LogP contribution in [0.5, 0.6) is 5.75 Å². The zero-order chi connectivity index (χ0) is 20.9. The SMILES string of the molecule is COCOc1c(C(C)(C)C)cc(CCCCOS(C)(=O)=O)cc1C(C)(C)C. The van der Waals surface area contributed by atoms with E-state index in [1.165, 1.54) is 5.56 Å². The molecule has 0 aliphatic heterocycles. The molecule has 1 aromatic carbocycles. The lowest BCUT2D eigenvalue weighted by molar-refractivity contribution is 0.0484. The van der Waals surface area contributed by atoms with Crippen molar-refractivity contribution in [3.05, 3.63) is 28.8 Å². The van der Waals surface area contributed by atoms with Crippen molar-refractivity contribution in [3.8, 4) is 5.75 Å². The standard InChI is InChI=1S/C21H36O5S/c1-20(2,3)17-13-16(11-9-10-12-26-27(8,22)23)14-18(21(4,5)6)19(17)25-15-24-7/h13-14H,9-12,15H2,1-8H3. The van der Waals surface area contributed by atoms with Crippen molar-refractivity contribution in [2.75, 3.05) is 26.8 Å². The molecular weight excluding hydrogens is 364 g/mol. The van der Waals surface area contributed by atoms with Gasteiger partial charge in [0.25, 0.3) is 10.1 Å². The van der Waals surface area contributed by atoms with E-state index >= 15 is 0 Å². The average molecular weight is 401 g/mol. The first-order valence-corrected chi connectivity index (χ1v) is 11.2. The molecule has 0 saturated carbocycles. The lowest BCUT2D eigenvalue weighted by atomic mass is 9.78. The van der Waals surface area contributed by atoms with Gasteiger partial charge in [-0.25, -0.2) is 0 Å². The summed E-state index contributed by atoms with van der Waals surface area (Å²) in [6, 6.07) is 4.41. The molecule has 6 heteroatoms. The second-order valence-corrected chi connectivity index (χ2v) is 10.7. The minimum Gasteiger partial charge on any atom is -0.467 e. The number of ether oxygens (including phenoxy) is 2. The molecule has 1 aromatic rings. The molecule has 0 aliphatic rings. The van der Waals surface area contributed by atoms with E-state index in [0.29, 0.717) is 6.42 Å². The third-order valence-electron chi connectivity index (χ3n) is 4.24. The van der Waals surface area contributed by atoms with Gasteiger partial charge in [-0.1, -0.05) is 53.7 Å². The van der Waals surface area contributed by atoms with Crippen molar-refractivity contribution in [2.45, 2.75) is 71.6 Å². The van der Waals surface area contributed by atoms with Crippen LogP contribution in [0.3, 0.4) is 0 Å². The van der Waals surface area contributed by atoms with Gasteiger partial charge >= 0.3 is 0 Å². The van der Waals surface area contributed by atoms with Crippen LogP contribution in [-0.2, 0) is 36.3 Å². The van der Waals surface area contributed by atoms with E-state index in [1.54, 1.807) is 7.11 Å². The van der Waals surface area contributed by atoms with E-state index in [1.807, 2.05) is 0 Å². The summed E-state index contributed by atoms with van der Waals surface area (Å²) in [4.78, 5) is 0. The molecule has 0 spiro atoms. The smallest absolute Gasteiger partial charge is 0.264 e. The van der Waals surface area contributed by atoms with Gasteiger partial charge in [0, 0.05) is 18.2 Å². The Morgan fingerprint density at radius 2 is 1.44 bits per heavy atom. The lowest BCUT2D eigenvalue weighted by Gasteiger charge is -2.30. The number of rotatable bonds is 9. The van der Waals surface area contributed by atoms with Gasteiger partial charge in [0.15, 0.2) is 6.79 Å². The normalized spacial score (nSPS) is 13.0. The largest absolute Gasteiger partial charge is 0.467 e. The van der Waals surface area contributed by atoms with Crippen molar-refractivity contribution in [2.24, 2.45) is 0 Å². The summed E-state index contributed by atoms with van der Waals surface area (Å²) in [6.45, 7) is 13.5. The highest BCUT2D eigenvalue weighted by atomic mass is 32.2. The summed E-state index contributed by atoms with van der Waals surface area (Å²) in [6.07, 6.45) is 3.51. The van der Waals surface area contributed by atoms with Crippen molar-refractivity contribution >= 4 is 10.1 Å². The van der Waals surface area contributed by atoms with E-state index in [-0.39, 0.29) is 24.2 Å². The van der Waals surface area contributed by atoms with Crippen LogP contribution in [0.2, 0.25) is 0 Å². The fourth-order valence-electron chi connectivity index (χ4n) is 2.86. The maximum absolute atomic E-state index is 11.1. The second-order valence-electron chi connectivity index (χ2n) is 9.05. The van der Waals surface area contributed by atoms with Gasteiger partial charge in [-0.15, -0.1) is 0 Å². The lowest BCUT2D eigenvalue weighted by Crippen LogP contribution is -2.21. The summed E-state index contributed by atoms with van der Waals surface area (Å²) < 4.78 is 38.1. The molecule has 0 fully saturated rings. The molecule has 0 radical (unpaired) electrons. The van der Waals surface area contributed by atoms with Gasteiger partial charge in [0.05, 0.1) is 12.9 Å². The van der Waals surface area contributed by atoms with Gasteiger partial charge in [0.1, 0.15) is 5.75 Å². The Hall–Kier alpha value is -1.11. The molecule has 0 heterocycles. The molecule has 0 N–H and O–H groups in total. The van der Waals surface area contributed by atoms with Crippen LogP contribution in [-0.4, -0.2) is 35.2 Å². The van der Waals surface area contributed by atoms with Crippen molar-refractivity contribution in [1.82, 2.24) is 0 Å². The Kier molecular flexibility index (Phi) is 8.32. The van der Waals surface area contributed by atoms with Crippen LogP contribution >= 0.6 is 0 Å². The summed E-state index contributed by atoms with van der Waals surface area (Å²) in [7, 11) is -1.74. The predicted octanol–water partition coefficient (Wildman–Crippen LogP) is 4.56. The minimum atomic E-state index is -3.36. The molecule has 1 rings (SSSR count). The Labute approximate surface area is 165 Å². The molecule has 0 aliphatic carbocycles. The molecule has 0 amide bonds. The third kappa shape index (κ3) is 8.20. The Bertz CT molecular complexity index is 674. The van der Waals surface area contributed by atoms with E-state index in [2.05, 4.69) is 53.7 Å². The van der Waals surface area contributed by atoms with Gasteiger partial charge in [0.2, 0.25) is 0 Å². The van der Waals surface area contributed by atoms with Crippen molar-refractivity contribution < 1.29 is 22.1 Å². The number of hydrogen-bond donors (Lipinski definition) is 0. The highest BCUT2D eigenvalue weighted by molar-refractivity contribution is 7.85. The molecule has 156 valence electrons. The molecule has 27 heavy (non-hydrogen) atoms. The minimum absolute atomic E-state index is 0.0709. The fraction of sp³-hybridized carbons (Fsp3) is 0.714. The van der Waals surface area contributed by atoms with Crippen LogP contribution in [0.15, 0.2) is 12.1 Å². The van der Waals surface area contributed by atoms with Crippen molar-refractivity contribution in [1.29, 1.82) is 0 Å². The Morgan fingerprint density at radius 3 is 1.85 bits per heavy atom. The molecular formula is C21H36O5S. The van der Waals surface area contributed by atoms with Gasteiger partial charge in [-0.3, -0.25) is 4.18 Å². The quantitative estimate of drug-likeness (QED) is 0.345. The third-order valence-corrected chi connectivity index (χ3v) is 4.84. The molecule has 0 unspecified atom stereocenters. The molecule has 5 nitrogen and oxygen atoms in total. The molecule has 0 atom stereocenters. The second kappa shape index (κ2) is 9.39. The maximum Gasteiger partial charge on any atom is 0.264 e. The van der Waals surface area contributed by atoms with E-state index in [9.17, 15) is 8.42 Å². The summed E-state index contributed by atoms with van der Waals surface area (Å²) in [5.41, 5.74) is 3.41. The van der Waals surface area contributed by atoms with Crippen molar-refractivity contribution in [3.63, 3.8) is 0 Å². The van der Waals surface area contributed by atoms with Crippen LogP contribution in [0.4, 0.5) is 0 Å². The topological polar surface area (TPSA) is 61.8 Å². The summed E-state index contributed by atoms with van der Waals surface area (Å²) >= 11 is 0. The number of benzene rings is 1.